The van der Waals surface area contributed by atoms with Crippen molar-refractivity contribution in [1.29, 1.82) is 0 Å². The summed E-state index contributed by atoms with van der Waals surface area (Å²) in [7, 11) is 9.84. The minimum Gasteiger partial charge on any atom is -0.493 e. The molecule has 3 heterocycles. The first kappa shape index (κ1) is 25.8. The zero-order valence-electron chi connectivity index (χ0n) is 22.5. The number of methoxy groups -OCH3 is 1. The summed E-state index contributed by atoms with van der Waals surface area (Å²) in [6.45, 7) is 1.24. The van der Waals surface area contributed by atoms with Crippen molar-refractivity contribution in [3.05, 3.63) is 42.7 Å². The first-order valence-corrected chi connectivity index (χ1v) is 12.7. The van der Waals surface area contributed by atoms with E-state index in [-0.39, 0.29) is 12.2 Å². The SMILES string of the molecule is COc1cc(Nc2nccc(Nc3cnc4c(c3)OCC(CN(C)C)O4)n2)ccc1OC1CC(N(C)C)C1. The number of hydrogen-bond donors (Lipinski definition) is 2. The number of rotatable bonds is 10. The third-order valence-electron chi connectivity index (χ3n) is 6.53. The van der Waals surface area contributed by atoms with Crippen molar-refractivity contribution in [3.8, 4) is 23.1 Å². The monoisotopic (exact) mass is 521 g/mol. The molecule has 1 aliphatic carbocycles. The smallest absolute Gasteiger partial charge is 0.257 e. The van der Waals surface area contributed by atoms with Gasteiger partial charge >= 0.3 is 0 Å². The molecule has 5 rings (SSSR count). The molecule has 1 saturated carbocycles. The molecule has 2 aliphatic rings. The van der Waals surface area contributed by atoms with E-state index in [0.29, 0.717) is 41.8 Å². The fourth-order valence-electron chi connectivity index (χ4n) is 4.41. The molecule has 0 bridgehead atoms. The highest BCUT2D eigenvalue weighted by Gasteiger charge is 2.32. The molecule has 0 radical (unpaired) electrons. The molecule has 1 fully saturated rings. The first-order chi connectivity index (χ1) is 18.4. The molecule has 11 nitrogen and oxygen atoms in total. The van der Waals surface area contributed by atoms with Crippen LogP contribution >= 0.6 is 0 Å². The Kier molecular flexibility index (Phi) is 7.66. The standard InChI is InChI=1S/C27H35N7O4/c1-33(2)15-21-16-36-24-11-18(14-29-26(24)38-21)30-25-8-9-28-27(32-25)31-17-6-7-22(23(10-17)35-5)37-20-12-19(13-20)34(3)4/h6-11,14,19-21H,12-13,15-16H2,1-5H3,(H2,28,30,31,32). The summed E-state index contributed by atoms with van der Waals surface area (Å²) in [6, 6.07) is 9.94. The average Bonchev–Trinajstić information content (AvgIpc) is 2.86. The summed E-state index contributed by atoms with van der Waals surface area (Å²) < 4.78 is 23.6. The Bertz CT molecular complexity index is 1250. The number of anilines is 4. The lowest BCUT2D eigenvalue weighted by Crippen LogP contribution is -2.46. The average molecular weight is 522 g/mol. The Hall–Kier alpha value is -3.83. The number of fused-ring (bicyclic) bond motifs is 1. The summed E-state index contributed by atoms with van der Waals surface area (Å²) in [5.41, 5.74) is 1.53. The summed E-state index contributed by atoms with van der Waals surface area (Å²) in [5, 5.41) is 6.49. The Labute approximate surface area is 223 Å². The van der Waals surface area contributed by atoms with Gasteiger partial charge in [-0.25, -0.2) is 9.97 Å². The fraction of sp³-hybridized carbons (Fsp3) is 0.444. The molecule has 202 valence electrons. The number of pyridine rings is 1. The van der Waals surface area contributed by atoms with Crippen molar-refractivity contribution in [2.75, 3.05) is 59.1 Å². The normalized spacial score (nSPS) is 20.1. The van der Waals surface area contributed by atoms with Crippen LogP contribution in [0.2, 0.25) is 0 Å². The lowest BCUT2D eigenvalue weighted by Gasteiger charge is -2.39. The molecule has 1 aliphatic heterocycles. The van der Waals surface area contributed by atoms with E-state index in [0.717, 1.165) is 36.5 Å². The molecule has 1 unspecified atom stereocenters. The van der Waals surface area contributed by atoms with Crippen molar-refractivity contribution in [2.45, 2.75) is 31.1 Å². The third-order valence-corrected chi connectivity index (χ3v) is 6.53. The zero-order valence-corrected chi connectivity index (χ0v) is 22.5. The van der Waals surface area contributed by atoms with E-state index >= 15 is 0 Å². The van der Waals surface area contributed by atoms with Gasteiger partial charge in [-0.3, -0.25) is 0 Å². The van der Waals surface area contributed by atoms with E-state index < -0.39 is 0 Å². The highest BCUT2D eigenvalue weighted by molar-refractivity contribution is 5.63. The lowest BCUT2D eigenvalue weighted by molar-refractivity contribution is 0.0383. The minimum atomic E-state index is -0.0489. The van der Waals surface area contributed by atoms with Gasteiger partial charge in [0.05, 0.1) is 19.0 Å². The van der Waals surface area contributed by atoms with Gasteiger partial charge in [0.25, 0.3) is 5.88 Å². The van der Waals surface area contributed by atoms with Gasteiger partial charge in [-0.15, -0.1) is 0 Å². The summed E-state index contributed by atoms with van der Waals surface area (Å²) >= 11 is 0. The molecule has 3 aromatic rings. The Balaban J connectivity index is 1.21. The van der Waals surface area contributed by atoms with Crippen LogP contribution in [-0.4, -0.2) is 91.5 Å². The van der Waals surface area contributed by atoms with Crippen molar-refractivity contribution in [3.63, 3.8) is 0 Å². The number of ether oxygens (including phenoxy) is 4. The second kappa shape index (κ2) is 11.3. The molecule has 0 amide bonds. The van der Waals surface area contributed by atoms with Crippen LogP contribution in [-0.2, 0) is 0 Å². The molecule has 38 heavy (non-hydrogen) atoms. The zero-order chi connectivity index (χ0) is 26.6. The quantitative estimate of drug-likeness (QED) is 0.409. The molecular formula is C27H35N7O4. The number of benzene rings is 1. The summed E-state index contributed by atoms with van der Waals surface area (Å²) in [4.78, 5) is 17.6. The van der Waals surface area contributed by atoms with E-state index in [1.807, 2.05) is 38.4 Å². The van der Waals surface area contributed by atoms with Gasteiger partial charge in [-0.05, 0) is 59.2 Å². The second-order valence-corrected chi connectivity index (χ2v) is 10.1. The Morgan fingerprint density at radius 2 is 1.84 bits per heavy atom. The second-order valence-electron chi connectivity index (χ2n) is 10.1. The van der Waals surface area contributed by atoms with Crippen LogP contribution in [0, 0.1) is 0 Å². The minimum absolute atomic E-state index is 0.0489. The van der Waals surface area contributed by atoms with E-state index in [4.69, 9.17) is 18.9 Å². The first-order valence-electron chi connectivity index (χ1n) is 12.7. The predicted molar refractivity (Wildman–Crippen MR) is 145 cm³/mol. The van der Waals surface area contributed by atoms with Crippen LogP contribution < -0.4 is 29.6 Å². The van der Waals surface area contributed by atoms with Crippen LogP contribution in [0.1, 0.15) is 12.8 Å². The van der Waals surface area contributed by atoms with Crippen LogP contribution in [0.5, 0.6) is 23.1 Å². The topological polar surface area (TPSA) is 106 Å². The lowest BCUT2D eigenvalue weighted by atomic mass is 9.88. The van der Waals surface area contributed by atoms with Gasteiger partial charge in [-0.2, -0.15) is 4.98 Å². The van der Waals surface area contributed by atoms with Crippen LogP contribution in [0.25, 0.3) is 0 Å². The summed E-state index contributed by atoms with van der Waals surface area (Å²) in [5.74, 6) is 3.54. The van der Waals surface area contributed by atoms with E-state index in [1.165, 1.54) is 0 Å². The van der Waals surface area contributed by atoms with Gasteiger partial charge in [-0.1, -0.05) is 0 Å². The van der Waals surface area contributed by atoms with Gasteiger partial charge in [0.15, 0.2) is 17.2 Å². The maximum atomic E-state index is 6.16. The largest absolute Gasteiger partial charge is 0.493 e. The van der Waals surface area contributed by atoms with Crippen molar-refractivity contribution >= 4 is 23.1 Å². The van der Waals surface area contributed by atoms with Crippen molar-refractivity contribution in [1.82, 2.24) is 24.8 Å². The predicted octanol–water partition coefficient (Wildman–Crippen LogP) is 3.54. The molecule has 11 heteroatoms. The molecule has 0 spiro atoms. The fourth-order valence-corrected chi connectivity index (χ4v) is 4.41. The van der Waals surface area contributed by atoms with Gasteiger partial charge in [0.1, 0.15) is 24.6 Å². The molecule has 0 saturated heterocycles. The summed E-state index contributed by atoms with van der Waals surface area (Å²) in [6.07, 6.45) is 5.56. The van der Waals surface area contributed by atoms with Crippen LogP contribution in [0.4, 0.5) is 23.1 Å². The maximum Gasteiger partial charge on any atom is 0.257 e. The van der Waals surface area contributed by atoms with Gasteiger partial charge in [0, 0.05) is 36.6 Å². The molecule has 2 aromatic heterocycles. The number of likely N-dealkylation sites (N-methyl/N-ethyl adjacent to an activating group) is 1. The highest BCUT2D eigenvalue weighted by Crippen LogP contribution is 2.36. The number of aromatic nitrogens is 3. The molecule has 1 atom stereocenters. The maximum absolute atomic E-state index is 6.16. The van der Waals surface area contributed by atoms with Crippen molar-refractivity contribution < 1.29 is 18.9 Å². The Morgan fingerprint density at radius 3 is 2.61 bits per heavy atom. The molecule has 2 N–H and O–H groups in total. The highest BCUT2D eigenvalue weighted by atomic mass is 16.6. The van der Waals surface area contributed by atoms with Gasteiger partial charge < -0.3 is 39.4 Å². The van der Waals surface area contributed by atoms with Crippen molar-refractivity contribution in [2.24, 2.45) is 0 Å². The van der Waals surface area contributed by atoms with Crippen LogP contribution in [0.15, 0.2) is 42.7 Å². The van der Waals surface area contributed by atoms with Crippen LogP contribution in [0.3, 0.4) is 0 Å². The molecular weight excluding hydrogens is 486 g/mol. The van der Waals surface area contributed by atoms with Gasteiger partial charge in [0.2, 0.25) is 5.95 Å². The van der Waals surface area contributed by atoms with E-state index in [2.05, 4.69) is 49.5 Å². The molecule has 1 aromatic carbocycles. The number of nitrogens with zero attached hydrogens (tertiary/aromatic N) is 5. The van der Waals surface area contributed by atoms with E-state index in [9.17, 15) is 0 Å². The van der Waals surface area contributed by atoms with E-state index in [1.54, 1.807) is 25.6 Å². The number of hydrogen-bond acceptors (Lipinski definition) is 11. The Morgan fingerprint density at radius 1 is 1.00 bits per heavy atom. The number of nitrogens with one attached hydrogen (secondary N) is 2. The third kappa shape index (κ3) is 6.17.